The molecule has 0 saturated heterocycles. The van der Waals surface area contributed by atoms with Gasteiger partial charge in [-0.2, -0.15) is 0 Å². The van der Waals surface area contributed by atoms with Crippen LogP contribution in [0.25, 0.3) is 0 Å². The fourth-order valence-electron chi connectivity index (χ4n) is 6.45. The van der Waals surface area contributed by atoms with Crippen LogP contribution >= 0.6 is 0 Å². The highest BCUT2D eigenvalue weighted by Gasteiger charge is 2.32. The summed E-state index contributed by atoms with van der Waals surface area (Å²) < 4.78 is 30.0. The molecule has 33 heavy (non-hydrogen) atoms. The van der Waals surface area contributed by atoms with Crippen molar-refractivity contribution in [3.05, 3.63) is 70.8 Å². The van der Waals surface area contributed by atoms with Crippen LogP contribution in [0.1, 0.15) is 111 Å². The predicted octanol–water partition coefficient (Wildman–Crippen LogP) is 8.83. The molecule has 0 aromatic heterocycles. The molecule has 0 heterocycles. The zero-order valence-electron chi connectivity index (χ0n) is 20.2. The van der Waals surface area contributed by atoms with Crippen LogP contribution in [0.15, 0.2) is 42.5 Å². The van der Waals surface area contributed by atoms with E-state index in [9.17, 15) is 13.6 Å². The highest BCUT2D eigenvalue weighted by molar-refractivity contribution is 6.01. The van der Waals surface area contributed by atoms with Gasteiger partial charge in [-0.25, -0.2) is 8.78 Å². The number of carbonyl (C=O) groups excluding carboxylic acids is 1. The maximum atomic E-state index is 15.0. The lowest BCUT2D eigenvalue weighted by Gasteiger charge is -2.38. The average Bonchev–Trinajstić information content (AvgIpc) is 2.84. The third kappa shape index (κ3) is 5.55. The molecule has 0 spiro atoms. The highest BCUT2D eigenvalue weighted by Crippen LogP contribution is 2.44. The summed E-state index contributed by atoms with van der Waals surface area (Å²) in [5.74, 6) is 0.229. The van der Waals surface area contributed by atoms with E-state index in [4.69, 9.17) is 0 Å². The second-order valence-electron chi connectivity index (χ2n) is 10.5. The van der Waals surface area contributed by atoms with E-state index in [-0.39, 0.29) is 5.92 Å². The molecular weight excluding hydrogens is 414 g/mol. The first-order chi connectivity index (χ1) is 16.0. The summed E-state index contributed by atoms with van der Waals surface area (Å²) in [4.78, 5) is 12.9. The van der Waals surface area contributed by atoms with Gasteiger partial charge in [0.2, 0.25) is 0 Å². The average molecular weight is 453 g/mol. The third-order valence-electron chi connectivity index (χ3n) is 8.50. The predicted molar refractivity (Wildman–Crippen MR) is 131 cm³/mol. The van der Waals surface area contributed by atoms with Gasteiger partial charge in [0.05, 0.1) is 5.56 Å². The summed E-state index contributed by atoms with van der Waals surface area (Å²) in [5, 5.41) is 0. The number of benzene rings is 2. The number of halogens is 2. The van der Waals surface area contributed by atoms with Crippen LogP contribution in [-0.4, -0.2) is 5.78 Å². The largest absolute Gasteiger partial charge is 0.293 e. The molecule has 1 nitrogen and oxygen atoms in total. The summed E-state index contributed by atoms with van der Waals surface area (Å²) in [7, 11) is 0. The van der Waals surface area contributed by atoms with Crippen molar-refractivity contribution in [1.29, 1.82) is 0 Å². The van der Waals surface area contributed by atoms with Gasteiger partial charge in [0.1, 0.15) is 11.6 Å². The molecule has 2 saturated carbocycles. The van der Waals surface area contributed by atoms with Gasteiger partial charge in [-0.15, -0.1) is 0 Å². The molecule has 3 heteroatoms. The fraction of sp³-hybridized carbons (Fsp3) is 0.567. The number of Topliss-reactive ketones (excluding diaryl/α,β-unsaturated/α-hetero) is 1. The number of hydrogen-bond donors (Lipinski definition) is 0. The van der Waals surface area contributed by atoms with Crippen molar-refractivity contribution in [2.75, 3.05) is 0 Å². The lowest BCUT2D eigenvalue weighted by atomic mass is 9.68. The Balaban J connectivity index is 1.38. The van der Waals surface area contributed by atoms with Crippen LogP contribution in [0.2, 0.25) is 0 Å². The Hall–Kier alpha value is -2.03. The van der Waals surface area contributed by atoms with Crippen molar-refractivity contribution in [3.63, 3.8) is 0 Å². The van der Waals surface area contributed by atoms with E-state index < -0.39 is 28.9 Å². The van der Waals surface area contributed by atoms with Gasteiger partial charge in [0, 0.05) is 5.92 Å². The standard InChI is InChI=1S/C30H38F2O/c1-3-7-21-10-12-23(13-11-21)24-14-16-25(17-15-24)26-18-27(31)29(28(32)19-26)30(33)20(2)22-8-5-4-6-9-22/h4-6,8-9,18-21,23-25H,3,7,10-17H2,1-2H3. The van der Waals surface area contributed by atoms with Gasteiger partial charge < -0.3 is 0 Å². The number of rotatable bonds is 7. The minimum Gasteiger partial charge on any atom is -0.293 e. The number of carbonyl (C=O) groups is 1. The smallest absolute Gasteiger partial charge is 0.175 e. The van der Waals surface area contributed by atoms with Crippen molar-refractivity contribution in [2.45, 2.75) is 89.9 Å². The van der Waals surface area contributed by atoms with Crippen molar-refractivity contribution < 1.29 is 13.6 Å². The lowest BCUT2D eigenvalue weighted by molar-refractivity contribution is 0.0957. The van der Waals surface area contributed by atoms with Gasteiger partial charge in [-0.1, -0.05) is 69.9 Å². The monoisotopic (exact) mass is 452 g/mol. The summed E-state index contributed by atoms with van der Waals surface area (Å²) in [6, 6.07) is 12.0. The Bertz CT molecular complexity index is 899. The topological polar surface area (TPSA) is 17.1 Å². The van der Waals surface area contributed by atoms with Crippen molar-refractivity contribution in [3.8, 4) is 0 Å². The van der Waals surface area contributed by atoms with Gasteiger partial charge in [-0.05, 0) is 85.5 Å². The van der Waals surface area contributed by atoms with Crippen LogP contribution in [0.5, 0.6) is 0 Å². The first kappa shape index (κ1) is 24.1. The Morgan fingerprint density at radius 3 is 1.97 bits per heavy atom. The zero-order valence-corrected chi connectivity index (χ0v) is 20.2. The second kappa shape index (κ2) is 10.9. The molecule has 2 fully saturated rings. The maximum Gasteiger partial charge on any atom is 0.175 e. The molecular formula is C30H38F2O. The second-order valence-corrected chi connectivity index (χ2v) is 10.5. The summed E-state index contributed by atoms with van der Waals surface area (Å²) in [6.07, 6.45) is 12.4. The molecule has 0 N–H and O–H groups in total. The van der Waals surface area contributed by atoms with Gasteiger partial charge in [0.25, 0.3) is 0 Å². The third-order valence-corrected chi connectivity index (χ3v) is 8.50. The number of ketones is 1. The van der Waals surface area contributed by atoms with Gasteiger partial charge in [0.15, 0.2) is 5.78 Å². The van der Waals surface area contributed by atoms with E-state index in [0.29, 0.717) is 0 Å². The minimum absolute atomic E-state index is 0.192. The minimum atomic E-state index is -0.714. The Labute approximate surface area is 198 Å². The molecule has 0 aliphatic heterocycles. The van der Waals surface area contributed by atoms with Crippen LogP contribution in [0.4, 0.5) is 8.78 Å². The SMILES string of the molecule is CCCC1CCC(C2CCC(c3cc(F)c(C(=O)C(C)c4ccccc4)c(F)c3)CC2)CC1. The van der Waals surface area contributed by atoms with Crippen molar-refractivity contribution >= 4 is 5.78 Å². The quantitative estimate of drug-likeness (QED) is 0.384. The first-order valence-electron chi connectivity index (χ1n) is 13.1. The highest BCUT2D eigenvalue weighted by atomic mass is 19.1. The fourth-order valence-corrected chi connectivity index (χ4v) is 6.45. The maximum absolute atomic E-state index is 15.0. The lowest BCUT2D eigenvalue weighted by Crippen LogP contribution is -2.25. The van der Waals surface area contributed by atoms with Gasteiger partial charge >= 0.3 is 0 Å². The molecule has 0 bridgehead atoms. The van der Waals surface area contributed by atoms with Crippen molar-refractivity contribution in [2.24, 2.45) is 17.8 Å². The molecule has 0 radical (unpaired) electrons. The van der Waals surface area contributed by atoms with Crippen LogP contribution in [0, 0.1) is 29.4 Å². The van der Waals surface area contributed by atoms with Crippen molar-refractivity contribution in [1.82, 2.24) is 0 Å². The Morgan fingerprint density at radius 1 is 0.879 bits per heavy atom. The van der Waals surface area contributed by atoms with Crippen LogP contribution < -0.4 is 0 Å². The molecule has 2 aliphatic rings. The van der Waals surface area contributed by atoms with Crippen LogP contribution in [-0.2, 0) is 0 Å². The number of hydrogen-bond acceptors (Lipinski definition) is 1. The molecule has 4 rings (SSSR count). The molecule has 2 aliphatic carbocycles. The zero-order chi connectivity index (χ0) is 23.4. The van der Waals surface area contributed by atoms with Gasteiger partial charge in [-0.3, -0.25) is 4.79 Å². The molecule has 178 valence electrons. The van der Waals surface area contributed by atoms with E-state index in [0.717, 1.165) is 54.6 Å². The van der Waals surface area contributed by atoms with E-state index >= 15 is 0 Å². The Kier molecular flexibility index (Phi) is 7.98. The summed E-state index contributed by atoms with van der Waals surface area (Å²) in [6.45, 7) is 3.99. The normalized spacial score (nSPS) is 26.7. The summed E-state index contributed by atoms with van der Waals surface area (Å²) >= 11 is 0. The van der Waals surface area contributed by atoms with E-state index in [1.165, 1.54) is 50.7 Å². The summed E-state index contributed by atoms with van der Waals surface area (Å²) in [5.41, 5.74) is 1.10. The Morgan fingerprint density at radius 2 is 1.42 bits per heavy atom. The molecule has 0 amide bonds. The van der Waals surface area contributed by atoms with Crippen LogP contribution in [0.3, 0.4) is 0 Å². The van der Waals surface area contributed by atoms with E-state index in [1.54, 1.807) is 6.92 Å². The molecule has 2 aromatic rings. The van der Waals surface area contributed by atoms with E-state index in [2.05, 4.69) is 6.92 Å². The molecule has 1 unspecified atom stereocenters. The molecule has 1 atom stereocenters. The molecule has 2 aromatic carbocycles. The van der Waals surface area contributed by atoms with E-state index in [1.807, 2.05) is 30.3 Å². The first-order valence-corrected chi connectivity index (χ1v) is 13.1.